The minimum atomic E-state index is -3.50. The summed E-state index contributed by atoms with van der Waals surface area (Å²) in [5, 5.41) is 0. The molecule has 0 radical (unpaired) electrons. The smallest absolute Gasteiger partial charge is 0.243 e. The number of furan rings is 1. The number of hydrogen-bond acceptors (Lipinski definition) is 4. The predicted molar refractivity (Wildman–Crippen MR) is 98.2 cm³/mol. The fraction of sp³-hybridized carbons (Fsp3) is 0.421. The lowest BCUT2D eigenvalue weighted by Gasteiger charge is -2.34. The average Bonchev–Trinajstić information content (AvgIpc) is 3.20. The van der Waals surface area contributed by atoms with Crippen molar-refractivity contribution in [1.29, 1.82) is 0 Å². The summed E-state index contributed by atoms with van der Waals surface area (Å²) in [7, 11) is -3.50. The van der Waals surface area contributed by atoms with Crippen molar-refractivity contribution in [2.75, 3.05) is 26.2 Å². The van der Waals surface area contributed by atoms with Crippen LogP contribution in [0.2, 0.25) is 0 Å². The Morgan fingerprint density at radius 2 is 1.77 bits per heavy atom. The molecule has 0 saturated carbocycles. The highest BCUT2D eigenvalue weighted by molar-refractivity contribution is 7.89. The van der Waals surface area contributed by atoms with Crippen LogP contribution in [0.5, 0.6) is 0 Å². The maximum absolute atomic E-state index is 12.8. The number of amides is 1. The van der Waals surface area contributed by atoms with Gasteiger partial charge in [0.05, 0.1) is 11.2 Å². The van der Waals surface area contributed by atoms with Gasteiger partial charge in [-0.15, -0.1) is 0 Å². The number of piperazine rings is 1. The number of benzene rings is 1. The summed E-state index contributed by atoms with van der Waals surface area (Å²) in [5.41, 5.74) is 1.11. The van der Waals surface area contributed by atoms with E-state index in [9.17, 15) is 13.2 Å². The summed E-state index contributed by atoms with van der Waals surface area (Å²) in [5.74, 6) is 0.820. The van der Waals surface area contributed by atoms with Crippen molar-refractivity contribution in [3.63, 3.8) is 0 Å². The van der Waals surface area contributed by atoms with Gasteiger partial charge in [-0.25, -0.2) is 8.42 Å². The van der Waals surface area contributed by atoms with Gasteiger partial charge in [-0.2, -0.15) is 4.31 Å². The molecule has 0 aliphatic carbocycles. The molecule has 26 heavy (non-hydrogen) atoms. The van der Waals surface area contributed by atoms with Crippen molar-refractivity contribution in [1.82, 2.24) is 9.21 Å². The molecule has 140 valence electrons. The van der Waals surface area contributed by atoms with Crippen molar-refractivity contribution < 1.29 is 17.6 Å². The van der Waals surface area contributed by atoms with Gasteiger partial charge in [-0.3, -0.25) is 4.79 Å². The van der Waals surface area contributed by atoms with Crippen LogP contribution in [0.15, 0.2) is 52.0 Å². The Balaban J connectivity index is 1.55. The summed E-state index contributed by atoms with van der Waals surface area (Å²) in [4.78, 5) is 14.4. The lowest BCUT2D eigenvalue weighted by Crippen LogP contribution is -2.50. The van der Waals surface area contributed by atoms with E-state index in [-0.39, 0.29) is 5.91 Å². The Labute approximate surface area is 154 Å². The molecule has 1 saturated heterocycles. The quantitative estimate of drug-likeness (QED) is 0.776. The van der Waals surface area contributed by atoms with Gasteiger partial charge in [0, 0.05) is 39.0 Å². The van der Waals surface area contributed by atoms with Crippen molar-refractivity contribution in [2.45, 2.75) is 31.1 Å². The molecule has 3 rings (SSSR count). The number of carbonyl (C=O) groups is 1. The first-order chi connectivity index (χ1) is 12.5. The SMILES string of the molecule is CCc1ccc(S(=O)(=O)N2CCN(C(=O)CCc3ccco3)CC2)cc1. The Morgan fingerprint density at radius 3 is 2.35 bits per heavy atom. The summed E-state index contributed by atoms with van der Waals surface area (Å²) in [6, 6.07) is 10.7. The monoisotopic (exact) mass is 376 g/mol. The van der Waals surface area contributed by atoms with E-state index >= 15 is 0 Å². The highest BCUT2D eigenvalue weighted by Gasteiger charge is 2.29. The second kappa shape index (κ2) is 8.05. The van der Waals surface area contributed by atoms with Gasteiger partial charge in [0.15, 0.2) is 0 Å². The number of rotatable bonds is 6. The molecule has 0 unspecified atom stereocenters. The van der Waals surface area contributed by atoms with Crippen LogP contribution in [0.25, 0.3) is 0 Å². The minimum absolute atomic E-state index is 0.0331. The molecular weight excluding hydrogens is 352 g/mol. The first-order valence-electron chi connectivity index (χ1n) is 8.90. The van der Waals surface area contributed by atoms with Gasteiger partial charge in [0.1, 0.15) is 5.76 Å². The second-order valence-electron chi connectivity index (χ2n) is 6.36. The van der Waals surface area contributed by atoms with Crippen LogP contribution in [0, 0.1) is 0 Å². The Morgan fingerprint density at radius 1 is 1.08 bits per heavy atom. The van der Waals surface area contributed by atoms with Crippen LogP contribution in [0.4, 0.5) is 0 Å². The topological polar surface area (TPSA) is 70.8 Å². The van der Waals surface area contributed by atoms with E-state index in [4.69, 9.17) is 4.42 Å². The van der Waals surface area contributed by atoms with Crippen molar-refractivity contribution in [2.24, 2.45) is 0 Å². The van der Waals surface area contributed by atoms with Crippen LogP contribution in [-0.2, 0) is 27.7 Å². The van der Waals surface area contributed by atoms with Crippen molar-refractivity contribution in [3.8, 4) is 0 Å². The lowest BCUT2D eigenvalue weighted by molar-refractivity contribution is -0.132. The Bertz CT molecular complexity index is 821. The van der Waals surface area contributed by atoms with E-state index in [1.165, 1.54) is 4.31 Å². The molecule has 1 aliphatic rings. The first kappa shape index (κ1) is 18.7. The van der Waals surface area contributed by atoms with Crippen LogP contribution < -0.4 is 0 Å². The Hall–Kier alpha value is -2.12. The molecule has 2 heterocycles. The summed E-state index contributed by atoms with van der Waals surface area (Å²) in [6.45, 7) is 3.52. The molecule has 1 aliphatic heterocycles. The third-order valence-corrected chi connectivity index (χ3v) is 6.64. The van der Waals surface area contributed by atoms with Crippen LogP contribution in [0.3, 0.4) is 0 Å². The highest BCUT2D eigenvalue weighted by atomic mass is 32.2. The number of aryl methyl sites for hydroxylation is 2. The molecule has 1 fully saturated rings. The fourth-order valence-electron chi connectivity index (χ4n) is 3.07. The average molecular weight is 376 g/mol. The van der Waals surface area contributed by atoms with Gasteiger partial charge in [0.25, 0.3) is 0 Å². The van der Waals surface area contributed by atoms with Crippen molar-refractivity contribution in [3.05, 3.63) is 54.0 Å². The number of sulfonamides is 1. The van der Waals surface area contributed by atoms with Gasteiger partial charge < -0.3 is 9.32 Å². The van der Waals surface area contributed by atoms with E-state index in [0.717, 1.165) is 17.7 Å². The zero-order chi connectivity index (χ0) is 18.6. The Kier molecular flexibility index (Phi) is 5.78. The van der Waals surface area contributed by atoms with Gasteiger partial charge in [-0.1, -0.05) is 19.1 Å². The molecular formula is C19H24N2O4S. The fourth-order valence-corrected chi connectivity index (χ4v) is 4.49. The molecule has 1 aromatic heterocycles. The molecule has 6 nitrogen and oxygen atoms in total. The molecule has 1 amide bonds. The number of hydrogen-bond donors (Lipinski definition) is 0. The standard InChI is InChI=1S/C19H24N2O4S/c1-2-16-5-8-18(9-6-16)26(23,24)21-13-11-20(12-14-21)19(22)10-7-17-4-3-15-25-17/h3-6,8-9,15H,2,7,10-14H2,1H3. The van der Waals surface area contributed by atoms with E-state index in [0.29, 0.717) is 43.9 Å². The number of nitrogens with zero attached hydrogens (tertiary/aromatic N) is 2. The lowest BCUT2D eigenvalue weighted by atomic mass is 10.2. The second-order valence-corrected chi connectivity index (χ2v) is 8.30. The molecule has 0 atom stereocenters. The van der Waals surface area contributed by atoms with E-state index < -0.39 is 10.0 Å². The summed E-state index contributed by atoms with van der Waals surface area (Å²) in [6.07, 6.45) is 3.41. The highest BCUT2D eigenvalue weighted by Crippen LogP contribution is 2.19. The van der Waals surface area contributed by atoms with Crippen molar-refractivity contribution >= 4 is 15.9 Å². The third kappa shape index (κ3) is 4.16. The van der Waals surface area contributed by atoms with Gasteiger partial charge in [-0.05, 0) is 36.2 Å². The normalized spacial score (nSPS) is 16.0. The van der Waals surface area contributed by atoms with Crippen LogP contribution >= 0.6 is 0 Å². The molecule has 0 spiro atoms. The summed E-state index contributed by atoms with van der Waals surface area (Å²) >= 11 is 0. The predicted octanol–water partition coefficient (Wildman–Crippen LogP) is 2.31. The molecule has 2 aromatic rings. The van der Waals surface area contributed by atoms with E-state index in [1.54, 1.807) is 29.4 Å². The molecule has 7 heteroatoms. The first-order valence-corrected chi connectivity index (χ1v) is 10.3. The largest absolute Gasteiger partial charge is 0.469 e. The van der Waals surface area contributed by atoms with E-state index in [1.807, 2.05) is 25.1 Å². The van der Waals surface area contributed by atoms with E-state index in [2.05, 4.69) is 0 Å². The number of carbonyl (C=O) groups excluding carboxylic acids is 1. The molecule has 0 bridgehead atoms. The maximum atomic E-state index is 12.8. The van der Waals surface area contributed by atoms with Crippen LogP contribution in [0.1, 0.15) is 24.7 Å². The van der Waals surface area contributed by atoms with Crippen LogP contribution in [-0.4, -0.2) is 49.7 Å². The molecule has 0 N–H and O–H groups in total. The summed E-state index contributed by atoms with van der Waals surface area (Å²) < 4.78 is 32.2. The van der Waals surface area contributed by atoms with Gasteiger partial charge >= 0.3 is 0 Å². The molecule has 1 aromatic carbocycles. The zero-order valence-corrected chi connectivity index (χ0v) is 15.7. The minimum Gasteiger partial charge on any atom is -0.469 e. The maximum Gasteiger partial charge on any atom is 0.243 e. The van der Waals surface area contributed by atoms with Gasteiger partial charge in [0.2, 0.25) is 15.9 Å². The zero-order valence-electron chi connectivity index (χ0n) is 14.9. The third-order valence-electron chi connectivity index (χ3n) is 4.73.